The van der Waals surface area contributed by atoms with Gasteiger partial charge in [-0.15, -0.1) is 0 Å². The van der Waals surface area contributed by atoms with Crippen LogP contribution in [0.2, 0.25) is 0 Å². The van der Waals surface area contributed by atoms with Crippen LogP contribution < -0.4 is 16.4 Å². The summed E-state index contributed by atoms with van der Waals surface area (Å²) in [4.78, 5) is 38.3. The SMILES string of the molecule is Cc1nc(C)c(C(=O)Nc2ccc(F)c(-c3cn4cc(NC(=O)[C@@H]5[C@H](N)[C@@H]6C=C[C@H]5C6)cnc4n3)c2)o1. The lowest BCUT2D eigenvalue weighted by Gasteiger charge is -2.23. The number of aryl methyl sites for hydroxylation is 2. The first kappa shape index (κ1) is 23.0. The minimum Gasteiger partial charge on any atom is -0.436 e. The number of imidazole rings is 1. The Morgan fingerprint density at radius 2 is 1.92 bits per heavy atom. The Hall–Kier alpha value is -4.38. The number of fused-ring (bicyclic) bond motifs is 3. The monoisotopic (exact) mass is 501 g/mol. The molecule has 4 atom stereocenters. The van der Waals surface area contributed by atoms with Crippen LogP contribution in [0.3, 0.4) is 0 Å². The molecule has 11 heteroatoms. The average Bonchev–Trinajstić information content (AvgIpc) is 3.63. The molecule has 0 spiro atoms. The van der Waals surface area contributed by atoms with E-state index in [1.807, 2.05) is 0 Å². The zero-order chi connectivity index (χ0) is 25.8. The number of hydrogen-bond donors (Lipinski definition) is 3. The number of carbonyl (C=O) groups is 2. The summed E-state index contributed by atoms with van der Waals surface area (Å²) in [5.41, 5.74) is 8.07. The summed E-state index contributed by atoms with van der Waals surface area (Å²) in [7, 11) is 0. The Bertz CT molecular complexity index is 1590. The van der Waals surface area contributed by atoms with E-state index in [2.05, 4.69) is 37.7 Å². The topological polar surface area (TPSA) is 140 Å². The third-order valence-corrected chi connectivity index (χ3v) is 7.01. The molecule has 3 heterocycles. The molecule has 1 aromatic carbocycles. The molecule has 2 aliphatic rings. The zero-order valence-corrected chi connectivity index (χ0v) is 20.1. The highest BCUT2D eigenvalue weighted by molar-refractivity contribution is 6.03. The predicted molar refractivity (Wildman–Crippen MR) is 133 cm³/mol. The number of carbonyl (C=O) groups excluding carboxylic acids is 2. The van der Waals surface area contributed by atoms with Crippen LogP contribution in [0.4, 0.5) is 15.8 Å². The number of allylic oxidation sites excluding steroid dienone is 1. The van der Waals surface area contributed by atoms with Gasteiger partial charge in [-0.2, -0.15) is 0 Å². The number of nitrogens with zero attached hydrogens (tertiary/aromatic N) is 4. The number of nitrogens with two attached hydrogens (primary N) is 1. The van der Waals surface area contributed by atoms with Crippen molar-refractivity contribution < 1.29 is 18.4 Å². The van der Waals surface area contributed by atoms with Gasteiger partial charge < -0.3 is 20.8 Å². The molecule has 10 nitrogen and oxygen atoms in total. The van der Waals surface area contributed by atoms with Gasteiger partial charge in [-0.05, 0) is 43.4 Å². The summed E-state index contributed by atoms with van der Waals surface area (Å²) < 4.78 is 21.7. The molecule has 3 aromatic heterocycles. The zero-order valence-electron chi connectivity index (χ0n) is 20.1. The van der Waals surface area contributed by atoms with Crippen molar-refractivity contribution in [3.63, 3.8) is 0 Å². The van der Waals surface area contributed by atoms with Crippen LogP contribution in [0.25, 0.3) is 17.0 Å². The molecule has 0 radical (unpaired) electrons. The van der Waals surface area contributed by atoms with Gasteiger partial charge in [0.2, 0.25) is 17.4 Å². The molecule has 2 bridgehead atoms. The second-order valence-corrected chi connectivity index (χ2v) is 9.51. The first-order valence-electron chi connectivity index (χ1n) is 11.9. The van der Waals surface area contributed by atoms with Crippen molar-refractivity contribution in [2.45, 2.75) is 26.3 Å². The Kier molecular flexibility index (Phi) is 5.37. The highest BCUT2D eigenvalue weighted by atomic mass is 19.1. The maximum atomic E-state index is 14.8. The average molecular weight is 502 g/mol. The quantitative estimate of drug-likeness (QED) is 0.356. The van der Waals surface area contributed by atoms with Gasteiger partial charge in [0.1, 0.15) is 5.82 Å². The highest BCUT2D eigenvalue weighted by Gasteiger charge is 2.46. The van der Waals surface area contributed by atoms with E-state index in [0.717, 1.165) is 6.42 Å². The largest absolute Gasteiger partial charge is 0.436 e. The van der Waals surface area contributed by atoms with Crippen LogP contribution >= 0.6 is 0 Å². The van der Waals surface area contributed by atoms with Crippen LogP contribution in [-0.4, -0.2) is 37.2 Å². The fourth-order valence-corrected chi connectivity index (χ4v) is 5.26. The van der Waals surface area contributed by atoms with Gasteiger partial charge in [-0.1, -0.05) is 12.2 Å². The van der Waals surface area contributed by atoms with Gasteiger partial charge >= 0.3 is 0 Å². The van der Waals surface area contributed by atoms with E-state index in [0.29, 0.717) is 34.4 Å². The summed E-state index contributed by atoms with van der Waals surface area (Å²) in [5.74, 6) is -0.213. The fraction of sp³-hybridized carbons (Fsp3) is 0.269. The Labute approximate surface area is 210 Å². The van der Waals surface area contributed by atoms with E-state index in [1.165, 1.54) is 24.4 Å². The molecule has 0 unspecified atom stereocenters. The lowest BCUT2D eigenvalue weighted by molar-refractivity contribution is -0.120. The molecular weight excluding hydrogens is 477 g/mol. The van der Waals surface area contributed by atoms with Crippen molar-refractivity contribution in [1.82, 2.24) is 19.4 Å². The Morgan fingerprint density at radius 1 is 1.11 bits per heavy atom. The molecule has 4 N–H and O–H groups in total. The van der Waals surface area contributed by atoms with E-state index in [4.69, 9.17) is 10.2 Å². The van der Waals surface area contributed by atoms with Crippen LogP contribution in [0.15, 0.2) is 53.4 Å². The first-order valence-corrected chi connectivity index (χ1v) is 11.9. The lowest BCUT2D eigenvalue weighted by Crippen LogP contribution is -2.41. The smallest absolute Gasteiger partial charge is 0.293 e. The molecule has 2 aliphatic carbocycles. The van der Waals surface area contributed by atoms with E-state index in [-0.39, 0.29) is 41.0 Å². The van der Waals surface area contributed by atoms with Crippen LogP contribution in [0.1, 0.15) is 28.6 Å². The second-order valence-electron chi connectivity index (χ2n) is 9.51. The number of anilines is 2. The van der Waals surface area contributed by atoms with Gasteiger partial charge in [0.05, 0.1) is 29.2 Å². The maximum Gasteiger partial charge on any atom is 0.293 e. The molecule has 188 valence electrons. The summed E-state index contributed by atoms with van der Waals surface area (Å²) in [6.07, 6.45) is 9.86. The van der Waals surface area contributed by atoms with Gasteiger partial charge in [0, 0.05) is 36.6 Å². The third-order valence-electron chi connectivity index (χ3n) is 7.01. The Balaban J connectivity index is 1.23. The number of nitrogens with one attached hydrogen (secondary N) is 2. The molecular formula is C26H24FN7O3. The highest BCUT2D eigenvalue weighted by Crippen LogP contribution is 2.43. The maximum absolute atomic E-state index is 14.8. The number of hydrogen-bond acceptors (Lipinski definition) is 7. The summed E-state index contributed by atoms with van der Waals surface area (Å²) in [6, 6.07) is 3.99. The van der Waals surface area contributed by atoms with Gasteiger partial charge in [-0.25, -0.2) is 19.3 Å². The standard InChI is InChI=1S/C26H24FN7O3/c1-12-23(37-13(2)30-12)25(36)31-16-5-6-19(27)18(8-16)20-11-34-10-17(9-29-26(34)33-20)32-24(35)21-14-3-4-15(7-14)22(21)28/h3-6,8-11,14-15,21-22H,7,28H2,1-2H3,(H,31,36)(H,32,35)/t14-,15+,21-,22+/m0/s1. The lowest BCUT2D eigenvalue weighted by atomic mass is 9.89. The third kappa shape index (κ3) is 4.06. The number of halogens is 1. The van der Waals surface area contributed by atoms with E-state index < -0.39 is 11.7 Å². The molecule has 2 amide bonds. The van der Waals surface area contributed by atoms with Crippen molar-refractivity contribution in [2.24, 2.45) is 23.5 Å². The van der Waals surface area contributed by atoms with Crippen LogP contribution in [0.5, 0.6) is 0 Å². The number of amides is 2. The van der Waals surface area contributed by atoms with E-state index >= 15 is 0 Å². The van der Waals surface area contributed by atoms with Crippen molar-refractivity contribution in [1.29, 1.82) is 0 Å². The molecule has 4 aromatic rings. The predicted octanol–water partition coefficient (Wildman–Crippen LogP) is 3.48. The van der Waals surface area contributed by atoms with E-state index in [9.17, 15) is 14.0 Å². The molecule has 1 saturated carbocycles. The molecule has 0 aliphatic heterocycles. The van der Waals surface area contributed by atoms with E-state index in [1.54, 1.807) is 30.6 Å². The van der Waals surface area contributed by atoms with Crippen molar-refractivity contribution >= 4 is 29.0 Å². The normalized spacial score (nSPS) is 22.1. The number of oxazole rings is 1. The van der Waals surface area contributed by atoms with Crippen molar-refractivity contribution in [2.75, 3.05) is 10.6 Å². The van der Waals surface area contributed by atoms with Gasteiger partial charge in [-0.3, -0.25) is 14.0 Å². The minimum atomic E-state index is -0.514. The molecule has 6 rings (SSSR count). The summed E-state index contributed by atoms with van der Waals surface area (Å²) in [5, 5.41) is 5.61. The molecule has 0 saturated heterocycles. The van der Waals surface area contributed by atoms with Crippen molar-refractivity contribution in [3.05, 3.63) is 72.1 Å². The first-order chi connectivity index (χ1) is 17.8. The number of aromatic nitrogens is 4. The van der Waals surface area contributed by atoms with Crippen molar-refractivity contribution in [3.8, 4) is 11.3 Å². The summed E-state index contributed by atoms with van der Waals surface area (Å²) >= 11 is 0. The van der Waals surface area contributed by atoms with Crippen LogP contribution in [0, 0.1) is 37.4 Å². The molecule has 1 fully saturated rings. The van der Waals surface area contributed by atoms with Crippen LogP contribution in [-0.2, 0) is 4.79 Å². The Morgan fingerprint density at radius 3 is 2.65 bits per heavy atom. The minimum absolute atomic E-state index is 0.0947. The van der Waals surface area contributed by atoms with Gasteiger partial charge in [0.15, 0.2) is 5.89 Å². The molecule has 37 heavy (non-hydrogen) atoms. The number of rotatable bonds is 5. The number of benzene rings is 1. The summed E-state index contributed by atoms with van der Waals surface area (Å²) in [6.45, 7) is 3.32. The van der Waals surface area contributed by atoms with Gasteiger partial charge in [0.25, 0.3) is 5.91 Å². The fourth-order valence-electron chi connectivity index (χ4n) is 5.26. The second kappa shape index (κ2) is 8.63.